The van der Waals surface area contributed by atoms with Crippen molar-refractivity contribution in [3.63, 3.8) is 0 Å². The second-order valence-corrected chi connectivity index (χ2v) is 6.20. The van der Waals surface area contributed by atoms with E-state index in [2.05, 4.69) is 9.97 Å². The van der Waals surface area contributed by atoms with Crippen LogP contribution in [0, 0.1) is 6.92 Å². The SMILES string of the molecule is Cc1[nH]c(-c2cccc(C(F)(F)F)c2)nc1C(=O)N(CC(=O)O)C1CC1. The number of carbonyl (C=O) groups excluding carboxylic acids is 1. The number of hydrogen-bond acceptors (Lipinski definition) is 3. The Morgan fingerprint density at radius 2 is 2.04 bits per heavy atom. The van der Waals surface area contributed by atoms with E-state index in [1.54, 1.807) is 6.92 Å². The maximum absolute atomic E-state index is 12.9. The fraction of sp³-hybridized carbons (Fsp3) is 0.353. The number of aryl methyl sites for hydroxylation is 1. The van der Waals surface area contributed by atoms with E-state index in [-0.39, 0.29) is 23.1 Å². The minimum atomic E-state index is -4.49. The number of benzene rings is 1. The Labute approximate surface area is 146 Å². The van der Waals surface area contributed by atoms with Crippen molar-refractivity contribution in [1.82, 2.24) is 14.9 Å². The van der Waals surface area contributed by atoms with Gasteiger partial charge in [0.2, 0.25) is 0 Å². The molecule has 2 aromatic rings. The van der Waals surface area contributed by atoms with Crippen molar-refractivity contribution in [2.24, 2.45) is 0 Å². The first kappa shape index (κ1) is 18.0. The van der Waals surface area contributed by atoms with E-state index in [1.807, 2.05) is 0 Å². The zero-order valence-electron chi connectivity index (χ0n) is 13.8. The summed E-state index contributed by atoms with van der Waals surface area (Å²) in [6, 6.07) is 4.48. The van der Waals surface area contributed by atoms with Crippen molar-refractivity contribution >= 4 is 11.9 Å². The Balaban J connectivity index is 1.92. The van der Waals surface area contributed by atoms with Crippen LogP contribution in [-0.4, -0.2) is 44.4 Å². The standard InChI is InChI=1S/C17H16F3N3O3/c1-9-14(16(26)23(8-13(24)25)12-5-6-12)22-15(21-9)10-3-2-4-11(7-10)17(18,19)20/h2-4,7,12H,5-6,8H2,1H3,(H,21,22)(H,24,25). The highest BCUT2D eigenvalue weighted by atomic mass is 19.4. The van der Waals surface area contributed by atoms with Gasteiger partial charge in [0.15, 0.2) is 0 Å². The fourth-order valence-electron chi connectivity index (χ4n) is 2.68. The number of aromatic amines is 1. The van der Waals surface area contributed by atoms with E-state index in [9.17, 15) is 22.8 Å². The molecule has 1 amide bonds. The molecule has 0 aliphatic heterocycles. The Bertz CT molecular complexity index is 856. The van der Waals surface area contributed by atoms with Gasteiger partial charge in [0.05, 0.1) is 5.56 Å². The van der Waals surface area contributed by atoms with Crippen LogP contribution in [0.5, 0.6) is 0 Å². The van der Waals surface area contributed by atoms with Crippen molar-refractivity contribution in [3.05, 3.63) is 41.2 Å². The zero-order chi connectivity index (χ0) is 19.1. The number of aliphatic carboxylic acids is 1. The highest BCUT2D eigenvalue weighted by Crippen LogP contribution is 2.32. The lowest BCUT2D eigenvalue weighted by atomic mass is 10.1. The van der Waals surface area contributed by atoms with Crippen LogP contribution in [0.25, 0.3) is 11.4 Å². The normalized spacial score (nSPS) is 14.3. The van der Waals surface area contributed by atoms with Gasteiger partial charge in [0.25, 0.3) is 5.91 Å². The van der Waals surface area contributed by atoms with E-state index < -0.39 is 30.2 Å². The first-order valence-corrected chi connectivity index (χ1v) is 7.94. The second kappa shape index (κ2) is 6.47. The number of amides is 1. The summed E-state index contributed by atoms with van der Waals surface area (Å²) >= 11 is 0. The predicted molar refractivity (Wildman–Crippen MR) is 85.5 cm³/mol. The number of carboxylic acid groups (broad SMARTS) is 1. The van der Waals surface area contributed by atoms with Crippen molar-refractivity contribution < 1.29 is 27.9 Å². The molecule has 1 aliphatic carbocycles. The van der Waals surface area contributed by atoms with Crippen molar-refractivity contribution in [2.75, 3.05) is 6.54 Å². The molecule has 6 nitrogen and oxygen atoms in total. The third-order valence-corrected chi connectivity index (χ3v) is 4.10. The van der Waals surface area contributed by atoms with Crippen molar-refractivity contribution in [2.45, 2.75) is 32.0 Å². The van der Waals surface area contributed by atoms with E-state index in [1.165, 1.54) is 17.0 Å². The van der Waals surface area contributed by atoms with Crippen LogP contribution in [0.3, 0.4) is 0 Å². The van der Waals surface area contributed by atoms with Gasteiger partial charge in [0.1, 0.15) is 18.1 Å². The molecule has 26 heavy (non-hydrogen) atoms. The first-order chi connectivity index (χ1) is 12.2. The lowest BCUT2D eigenvalue weighted by molar-refractivity contribution is -0.138. The van der Waals surface area contributed by atoms with E-state index in [4.69, 9.17) is 5.11 Å². The van der Waals surface area contributed by atoms with Crippen LogP contribution < -0.4 is 0 Å². The van der Waals surface area contributed by atoms with Gasteiger partial charge in [0, 0.05) is 17.3 Å². The number of aromatic nitrogens is 2. The van der Waals surface area contributed by atoms with Gasteiger partial charge in [-0.15, -0.1) is 0 Å². The molecule has 138 valence electrons. The van der Waals surface area contributed by atoms with E-state index in [0.717, 1.165) is 25.0 Å². The monoisotopic (exact) mass is 367 g/mol. The number of rotatable bonds is 5. The second-order valence-electron chi connectivity index (χ2n) is 6.20. The Hall–Kier alpha value is -2.84. The maximum atomic E-state index is 12.9. The number of carboxylic acids is 1. The predicted octanol–water partition coefficient (Wildman–Crippen LogP) is 3.09. The number of alkyl halides is 3. The summed E-state index contributed by atoms with van der Waals surface area (Å²) in [5.41, 5.74) is -0.232. The molecule has 0 radical (unpaired) electrons. The summed E-state index contributed by atoms with van der Waals surface area (Å²) in [7, 11) is 0. The molecule has 0 atom stereocenters. The van der Waals surface area contributed by atoms with Gasteiger partial charge in [-0.25, -0.2) is 4.98 Å². The van der Waals surface area contributed by atoms with Gasteiger partial charge < -0.3 is 15.0 Å². The molecule has 1 heterocycles. The van der Waals surface area contributed by atoms with E-state index >= 15 is 0 Å². The largest absolute Gasteiger partial charge is 0.480 e. The number of nitrogens with one attached hydrogen (secondary N) is 1. The first-order valence-electron chi connectivity index (χ1n) is 7.94. The molecule has 1 aliphatic rings. The lowest BCUT2D eigenvalue weighted by Gasteiger charge is -2.19. The highest BCUT2D eigenvalue weighted by Gasteiger charge is 2.36. The van der Waals surface area contributed by atoms with Crippen LogP contribution in [-0.2, 0) is 11.0 Å². The molecule has 1 aromatic heterocycles. The van der Waals surface area contributed by atoms with Gasteiger partial charge in [-0.1, -0.05) is 12.1 Å². The minimum absolute atomic E-state index is 0.0190. The summed E-state index contributed by atoms with van der Waals surface area (Å²) in [5, 5.41) is 8.99. The van der Waals surface area contributed by atoms with Gasteiger partial charge in [-0.3, -0.25) is 9.59 Å². The number of H-pyrrole nitrogens is 1. The average Bonchev–Trinajstić information content (AvgIpc) is 3.33. The Morgan fingerprint density at radius 3 is 2.62 bits per heavy atom. The van der Waals surface area contributed by atoms with Gasteiger partial charge >= 0.3 is 12.1 Å². The van der Waals surface area contributed by atoms with Gasteiger partial charge in [-0.2, -0.15) is 13.2 Å². The van der Waals surface area contributed by atoms with Gasteiger partial charge in [-0.05, 0) is 31.9 Å². The summed E-state index contributed by atoms with van der Waals surface area (Å²) < 4.78 is 38.6. The molecule has 1 fully saturated rings. The van der Waals surface area contributed by atoms with E-state index in [0.29, 0.717) is 5.69 Å². The molecular formula is C17H16F3N3O3. The molecule has 9 heteroatoms. The summed E-state index contributed by atoms with van der Waals surface area (Å²) in [6.07, 6.45) is -3.04. The molecule has 3 rings (SSSR count). The van der Waals surface area contributed by atoms with Crippen LogP contribution in [0.1, 0.15) is 34.6 Å². The molecular weight excluding hydrogens is 351 g/mol. The molecule has 0 bridgehead atoms. The van der Waals surface area contributed by atoms with Crippen molar-refractivity contribution in [1.29, 1.82) is 0 Å². The van der Waals surface area contributed by atoms with Crippen LogP contribution >= 0.6 is 0 Å². The maximum Gasteiger partial charge on any atom is 0.416 e. The lowest BCUT2D eigenvalue weighted by Crippen LogP contribution is -2.38. The topological polar surface area (TPSA) is 86.3 Å². The molecule has 1 aromatic carbocycles. The summed E-state index contributed by atoms with van der Waals surface area (Å²) in [5.74, 6) is -1.54. The smallest absolute Gasteiger partial charge is 0.416 e. The summed E-state index contributed by atoms with van der Waals surface area (Å²) in [6.45, 7) is 1.14. The number of nitrogens with zero attached hydrogens (tertiary/aromatic N) is 2. The number of imidazole rings is 1. The third-order valence-electron chi connectivity index (χ3n) is 4.10. The molecule has 0 spiro atoms. The number of carbonyl (C=O) groups is 2. The Morgan fingerprint density at radius 1 is 1.35 bits per heavy atom. The summed E-state index contributed by atoms with van der Waals surface area (Å²) in [4.78, 5) is 31.8. The quantitative estimate of drug-likeness (QED) is 0.850. The molecule has 1 saturated carbocycles. The number of hydrogen-bond donors (Lipinski definition) is 2. The fourth-order valence-corrected chi connectivity index (χ4v) is 2.68. The highest BCUT2D eigenvalue weighted by molar-refractivity contribution is 5.96. The van der Waals surface area contributed by atoms with Crippen molar-refractivity contribution in [3.8, 4) is 11.4 Å². The molecule has 0 saturated heterocycles. The number of halogens is 3. The molecule has 0 unspecified atom stereocenters. The zero-order valence-corrected chi connectivity index (χ0v) is 13.8. The van der Waals surface area contributed by atoms with Crippen LogP contribution in [0.4, 0.5) is 13.2 Å². The Kier molecular flexibility index (Phi) is 4.47. The van der Waals surface area contributed by atoms with Crippen LogP contribution in [0.2, 0.25) is 0 Å². The third kappa shape index (κ3) is 3.71. The molecule has 2 N–H and O–H groups in total. The van der Waals surface area contributed by atoms with Crippen LogP contribution in [0.15, 0.2) is 24.3 Å². The average molecular weight is 367 g/mol. The minimum Gasteiger partial charge on any atom is -0.480 e.